The number of carbonyl (C=O) groups is 1. The molecule has 1 unspecified atom stereocenters. The second-order valence-corrected chi connectivity index (χ2v) is 8.44. The quantitative estimate of drug-likeness (QED) is 0.574. The number of nitrogens with one attached hydrogen (secondary N) is 1. The number of nitrogens with two attached hydrogens (primary N) is 1. The summed E-state index contributed by atoms with van der Waals surface area (Å²) in [6.07, 6.45) is 1.33. The number of fused-ring (bicyclic) bond motifs is 1. The van der Waals surface area contributed by atoms with Crippen LogP contribution in [0.25, 0.3) is 10.9 Å². The molecular weight excluding hydrogens is 433 g/mol. The number of halogens is 2. The van der Waals surface area contributed by atoms with Gasteiger partial charge in [-0.15, -0.1) is 0 Å². The summed E-state index contributed by atoms with van der Waals surface area (Å²) >= 11 is 5.87. The number of ether oxygens (including phenoxy) is 1. The van der Waals surface area contributed by atoms with Crippen LogP contribution in [0.2, 0.25) is 5.02 Å². The van der Waals surface area contributed by atoms with Crippen molar-refractivity contribution in [1.82, 2.24) is 14.9 Å². The maximum Gasteiger partial charge on any atom is 0.410 e. The first kappa shape index (κ1) is 21.8. The summed E-state index contributed by atoms with van der Waals surface area (Å²) in [6.45, 7) is 3.92. The fourth-order valence-electron chi connectivity index (χ4n) is 3.71. The van der Waals surface area contributed by atoms with Crippen molar-refractivity contribution in [1.29, 1.82) is 0 Å². The molecule has 0 radical (unpaired) electrons. The maximum absolute atomic E-state index is 14.4. The smallest absolute Gasteiger partial charge is 0.409 e. The minimum atomic E-state index is -0.966. The van der Waals surface area contributed by atoms with Gasteiger partial charge in [0.2, 0.25) is 0 Å². The number of nitrogens with zero attached hydrogens (tertiary/aromatic N) is 3. The van der Waals surface area contributed by atoms with Gasteiger partial charge in [-0.25, -0.2) is 19.2 Å². The average molecular weight is 454 g/mol. The van der Waals surface area contributed by atoms with E-state index in [0.29, 0.717) is 22.3 Å². The van der Waals surface area contributed by atoms with Crippen molar-refractivity contribution >= 4 is 40.1 Å². The van der Waals surface area contributed by atoms with Gasteiger partial charge in [0, 0.05) is 17.3 Å². The van der Waals surface area contributed by atoms with Crippen LogP contribution in [-0.2, 0) is 0 Å². The van der Waals surface area contributed by atoms with Gasteiger partial charge in [-0.2, -0.15) is 0 Å². The Morgan fingerprint density at radius 1 is 1.38 bits per heavy atom. The highest BCUT2D eigenvalue weighted by Gasteiger charge is 2.30. The summed E-state index contributed by atoms with van der Waals surface area (Å²) in [6, 6.07) is 7.87. The number of carbonyl (C=O) groups excluding carboxylic acids is 1. The Balaban J connectivity index is 1.78. The fourth-order valence-corrected chi connectivity index (χ4v) is 3.89. The van der Waals surface area contributed by atoms with E-state index in [4.69, 9.17) is 22.1 Å². The third-order valence-electron chi connectivity index (χ3n) is 5.32. The zero-order valence-corrected chi connectivity index (χ0v) is 18.3. The molecule has 1 aliphatic heterocycles. The Labute approximate surface area is 189 Å². The van der Waals surface area contributed by atoms with Gasteiger partial charge < -0.3 is 20.7 Å². The third kappa shape index (κ3) is 4.59. The predicted molar refractivity (Wildman–Crippen MR) is 122 cm³/mol. The van der Waals surface area contributed by atoms with E-state index in [1.165, 1.54) is 18.5 Å². The first-order valence-corrected chi connectivity index (χ1v) is 10.3. The topological polar surface area (TPSA) is 93.4 Å². The van der Waals surface area contributed by atoms with Crippen LogP contribution in [0.15, 0.2) is 36.7 Å². The van der Waals surface area contributed by atoms with Gasteiger partial charge in [0.05, 0.1) is 21.8 Å². The Morgan fingerprint density at radius 2 is 2.19 bits per heavy atom. The summed E-state index contributed by atoms with van der Waals surface area (Å²) in [5, 5.41) is 3.40. The molecular formula is C23H21ClFN5O2. The number of rotatable bonds is 3. The van der Waals surface area contributed by atoms with Crippen LogP contribution in [0.5, 0.6) is 5.75 Å². The molecule has 1 aromatic heterocycles. The number of benzene rings is 2. The maximum atomic E-state index is 14.4. The zero-order valence-electron chi connectivity index (χ0n) is 17.6. The van der Waals surface area contributed by atoms with E-state index in [2.05, 4.69) is 46.0 Å². The van der Waals surface area contributed by atoms with E-state index in [9.17, 15) is 9.18 Å². The molecule has 3 N–H and O–H groups in total. The Bertz CT molecular complexity index is 1270. The van der Waals surface area contributed by atoms with Crippen molar-refractivity contribution in [3.63, 3.8) is 0 Å². The normalized spacial score (nSPS) is 18.2. The summed E-state index contributed by atoms with van der Waals surface area (Å²) in [4.78, 5) is 22.2. The molecule has 1 saturated heterocycles. The minimum absolute atomic E-state index is 0.0188. The second-order valence-electron chi connectivity index (χ2n) is 8.03. The van der Waals surface area contributed by atoms with Crippen LogP contribution >= 0.6 is 11.6 Å². The molecule has 0 spiro atoms. The lowest BCUT2D eigenvalue weighted by Gasteiger charge is -2.16. The summed E-state index contributed by atoms with van der Waals surface area (Å²) in [5.41, 5.74) is 6.27. The van der Waals surface area contributed by atoms with Crippen molar-refractivity contribution in [3.05, 3.63) is 53.1 Å². The van der Waals surface area contributed by atoms with Crippen LogP contribution in [0.1, 0.15) is 18.9 Å². The number of hydrogen-bond acceptors (Lipinski definition) is 6. The molecule has 0 bridgehead atoms. The van der Waals surface area contributed by atoms with Gasteiger partial charge in [0.25, 0.3) is 0 Å². The highest BCUT2D eigenvalue weighted by Crippen LogP contribution is 2.33. The second kappa shape index (κ2) is 8.61. The molecule has 0 saturated carbocycles. The number of anilines is 2. The molecule has 164 valence electrons. The van der Waals surface area contributed by atoms with Crippen molar-refractivity contribution in [2.24, 2.45) is 11.1 Å². The third-order valence-corrected chi connectivity index (χ3v) is 5.61. The lowest BCUT2D eigenvalue weighted by atomic mass is 9.90. The number of hydrogen-bond donors (Lipinski definition) is 2. The summed E-state index contributed by atoms with van der Waals surface area (Å²) in [7, 11) is 2.05. The summed E-state index contributed by atoms with van der Waals surface area (Å²) < 4.78 is 19.6. The number of primary amides is 1. The number of amides is 1. The minimum Gasteiger partial charge on any atom is -0.409 e. The van der Waals surface area contributed by atoms with Gasteiger partial charge in [-0.3, -0.25) is 0 Å². The molecule has 7 nitrogen and oxygen atoms in total. The highest BCUT2D eigenvalue weighted by molar-refractivity contribution is 6.31. The van der Waals surface area contributed by atoms with Gasteiger partial charge in [-0.05, 0) is 51.2 Å². The van der Waals surface area contributed by atoms with Crippen LogP contribution in [0.3, 0.4) is 0 Å². The zero-order chi connectivity index (χ0) is 22.9. The molecule has 0 aliphatic carbocycles. The van der Waals surface area contributed by atoms with E-state index in [0.717, 1.165) is 19.5 Å². The van der Waals surface area contributed by atoms with E-state index in [1.54, 1.807) is 18.2 Å². The number of likely N-dealkylation sites (tertiary alicyclic amines) is 1. The van der Waals surface area contributed by atoms with E-state index >= 15 is 0 Å². The molecule has 3 aromatic rings. The molecule has 2 heterocycles. The number of aromatic nitrogens is 2. The van der Waals surface area contributed by atoms with Gasteiger partial charge in [-0.1, -0.05) is 29.5 Å². The molecule has 1 fully saturated rings. The summed E-state index contributed by atoms with van der Waals surface area (Å²) in [5.74, 6) is 6.32. The van der Waals surface area contributed by atoms with E-state index in [-0.39, 0.29) is 21.9 Å². The molecule has 1 aliphatic rings. The van der Waals surface area contributed by atoms with Gasteiger partial charge in [0.15, 0.2) is 5.82 Å². The van der Waals surface area contributed by atoms with Crippen molar-refractivity contribution in [2.45, 2.75) is 13.3 Å². The van der Waals surface area contributed by atoms with Crippen LogP contribution < -0.4 is 15.8 Å². The van der Waals surface area contributed by atoms with E-state index < -0.39 is 11.9 Å². The molecule has 9 heteroatoms. The SMILES string of the molecule is CN1CCC(C)(C#Cc2cc3ncnc(Nc4cccc(Cl)c4F)c3cc2OC(N)=O)C1. The van der Waals surface area contributed by atoms with Gasteiger partial charge >= 0.3 is 6.09 Å². The standard InChI is InChI=1S/C23H21ClFN5O2/c1-23(8-9-30(2)12-23)7-6-14-10-18-15(11-19(14)32-22(26)31)21(28-13-27-18)29-17-5-3-4-16(24)20(17)25/h3-5,10-11,13H,8-9,12H2,1-2H3,(H2,26,31)(H,27,28,29). The first-order chi connectivity index (χ1) is 15.2. The van der Waals surface area contributed by atoms with Crippen molar-refractivity contribution in [3.8, 4) is 17.6 Å². The molecule has 1 amide bonds. The average Bonchev–Trinajstić information content (AvgIpc) is 3.09. The fraction of sp³-hybridized carbons (Fsp3) is 0.261. The molecule has 32 heavy (non-hydrogen) atoms. The molecule has 1 atom stereocenters. The Morgan fingerprint density at radius 3 is 2.91 bits per heavy atom. The van der Waals surface area contributed by atoms with Crippen LogP contribution in [0.4, 0.5) is 20.7 Å². The highest BCUT2D eigenvalue weighted by atomic mass is 35.5. The predicted octanol–water partition coefficient (Wildman–Crippen LogP) is 4.32. The van der Waals surface area contributed by atoms with Crippen molar-refractivity contribution < 1.29 is 13.9 Å². The van der Waals surface area contributed by atoms with Crippen LogP contribution in [-0.4, -0.2) is 41.1 Å². The lowest BCUT2D eigenvalue weighted by molar-refractivity contribution is 0.211. The Hall–Kier alpha value is -3.41. The molecule has 2 aromatic carbocycles. The lowest BCUT2D eigenvalue weighted by Crippen LogP contribution is -2.20. The Kier molecular flexibility index (Phi) is 5.87. The van der Waals surface area contributed by atoms with E-state index in [1.807, 2.05) is 0 Å². The monoisotopic (exact) mass is 453 g/mol. The first-order valence-electron chi connectivity index (χ1n) is 9.93. The molecule has 4 rings (SSSR count). The van der Waals surface area contributed by atoms with Crippen molar-refractivity contribution in [2.75, 3.05) is 25.5 Å². The van der Waals surface area contributed by atoms with Gasteiger partial charge in [0.1, 0.15) is 17.9 Å². The largest absolute Gasteiger partial charge is 0.410 e. The van der Waals surface area contributed by atoms with Crippen LogP contribution in [0, 0.1) is 23.1 Å².